The van der Waals surface area contributed by atoms with Crippen molar-refractivity contribution in [1.82, 2.24) is 0 Å². The second-order valence-electron chi connectivity index (χ2n) is 4.52. The summed E-state index contributed by atoms with van der Waals surface area (Å²) in [6.45, 7) is 4.10. The smallest absolute Gasteiger partial charge is 0.311 e. The lowest BCUT2D eigenvalue weighted by Gasteiger charge is -2.13. The molecular weight excluding hydrogens is 308 g/mol. The summed E-state index contributed by atoms with van der Waals surface area (Å²) in [5.74, 6) is -0.645. The number of esters is 1. The summed E-state index contributed by atoms with van der Waals surface area (Å²) in [7, 11) is -3.76. The Kier molecular flexibility index (Phi) is 8.08. The van der Waals surface area contributed by atoms with Crippen LogP contribution in [0.2, 0.25) is 0 Å². The molecule has 0 aromatic heterocycles. The van der Waals surface area contributed by atoms with E-state index in [4.69, 9.17) is 13.7 Å². The molecular formula is C15H22O6S. The molecule has 1 atom stereocenters. The van der Waals surface area contributed by atoms with Crippen molar-refractivity contribution in [2.75, 3.05) is 26.4 Å². The van der Waals surface area contributed by atoms with E-state index in [1.54, 1.807) is 25.1 Å². The van der Waals surface area contributed by atoms with Crippen LogP contribution in [0.25, 0.3) is 0 Å². The fraction of sp³-hybridized carbons (Fsp3) is 0.533. The van der Waals surface area contributed by atoms with Crippen molar-refractivity contribution < 1.29 is 26.9 Å². The zero-order chi connectivity index (χ0) is 16.4. The molecule has 22 heavy (non-hydrogen) atoms. The maximum Gasteiger partial charge on any atom is 0.311 e. The highest BCUT2D eigenvalue weighted by atomic mass is 32.2. The normalized spacial score (nSPS) is 12.8. The van der Waals surface area contributed by atoms with Crippen LogP contribution in [0, 0.1) is 5.92 Å². The lowest BCUT2D eigenvalue weighted by Crippen LogP contribution is -2.23. The maximum atomic E-state index is 11.8. The van der Waals surface area contributed by atoms with Crippen molar-refractivity contribution in [3.05, 3.63) is 30.3 Å². The summed E-state index contributed by atoms with van der Waals surface area (Å²) < 4.78 is 38.7. The van der Waals surface area contributed by atoms with Crippen LogP contribution in [0.4, 0.5) is 0 Å². The predicted molar refractivity (Wildman–Crippen MR) is 80.8 cm³/mol. The first-order valence-electron chi connectivity index (χ1n) is 7.20. The summed E-state index contributed by atoms with van der Waals surface area (Å²) in [5.41, 5.74) is 0. The molecule has 0 radical (unpaired) electrons. The summed E-state index contributed by atoms with van der Waals surface area (Å²) in [6, 6.07) is 7.90. The Morgan fingerprint density at radius 3 is 2.41 bits per heavy atom. The van der Waals surface area contributed by atoms with E-state index in [1.807, 2.05) is 6.92 Å². The van der Waals surface area contributed by atoms with Crippen molar-refractivity contribution >= 4 is 16.1 Å². The zero-order valence-electron chi connectivity index (χ0n) is 12.9. The number of carbonyl (C=O) groups excluding carboxylic acids is 1. The minimum absolute atomic E-state index is 0.0853. The van der Waals surface area contributed by atoms with Crippen molar-refractivity contribution in [2.24, 2.45) is 5.92 Å². The minimum Gasteiger partial charge on any atom is -0.466 e. The van der Waals surface area contributed by atoms with E-state index < -0.39 is 10.1 Å². The number of ether oxygens (including phenoxy) is 2. The van der Waals surface area contributed by atoms with Gasteiger partial charge in [-0.3, -0.25) is 8.98 Å². The largest absolute Gasteiger partial charge is 0.466 e. The lowest BCUT2D eigenvalue weighted by atomic mass is 10.1. The topological polar surface area (TPSA) is 78.9 Å². The Balaban J connectivity index is 2.32. The molecule has 0 aliphatic carbocycles. The number of rotatable bonds is 10. The minimum atomic E-state index is -3.76. The van der Waals surface area contributed by atoms with Gasteiger partial charge in [0.15, 0.2) is 0 Å². The van der Waals surface area contributed by atoms with E-state index >= 15 is 0 Å². The molecule has 0 spiro atoms. The molecule has 1 rings (SSSR count). The molecule has 7 heteroatoms. The molecule has 1 aromatic rings. The van der Waals surface area contributed by atoms with Gasteiger partial charge in [-0.15, -0.1) is 0 Å². The quantitative estimate of drug-likeness (QED) is 0.371. The third kappa shape index (κ3) is 6.13. The molecule has 0 N–H and O–H groups in total. The molecule has 0 saturated carbocycles. The Morgan fingerprint density at radius 2 is 1.82 bits per heavy atom. The van der Waals surface area contributed by atoms with Gasteiger partial charge in [-0.1, -0.05) is 25.1 Å². The zero-order valence-corrected chi connectivity index (χ0v) is 13.7. The Hall–Kier alpha value is -1.44. The highest BCUT2D eigenvalue weighted by molar-refractivity contribution is 7.86. The Bertz CT molecular complexity index is 540. The first-order chi connectivity index (χ1) is 10.5. The molecule has 0 fully saturated rings. The van der Waals surface area contributed by atoms with Gasteiger partial charge < -0.3 is 9.47 Å². The van der Waals surface area contributed by atoms with Gasteiger partial charge in [0.05, 0.1) is 37.2 Å². The molecule has 0 saturated heterocycles. The fourth-order valence-electron chi connectivity index (χ4n) is 1.70. The summed E-state index contributed by atoms with van der Waals surface area (Å²) in [5, 5.41) is 0. The second-order valence-corrected chi connectivity index (χ2v) is 6.14. The van der Waals surface area contributed by atoms with Crippen LogP contribution in [0.15, 0.2) is 35.2 Å². The number of hydrogen-bond donors (Lipinski definition) is 0. The van der Waals surface area contributed by atoms with E-state index in [0.29, 0.717) is 13.0 Å². The molecule has 124 valence electrons. The standard InChI is InChI=1S/C15H22O6S/c1-3-13(15(16)20-4-2)12-19-10-11-21-22(17,18)14-8-6-5-7-9-14/h5-9,13H,3-4,10-12H2,1-2H3. The first-order valence-corrected chi connectivity index (χ1v) is 8.61. The number of carbonyl (C=O) groups is 1. The van der Waals surface area contributed by atoms with Crippen LogP contribution in [0.3, 0.4) is 0 Å². The van der Waals surface area contributed by atoms with Gasteiger partial charge in [-0.2, -0.15) is 8.42 Å². The van der Waals surface area contributed by atoms with Crippen LogP contribution in [-0.4, -0.2) is 40.8 Å². The van der Waals surface area contributed by atoms with E-state index in [9.17, 15) is 13.2 Å². The average molecular weight is 330 g/mol. The molecule has 6 nitrogen and oxygen atoms in total. The summed E-state index contributed by atoms with van der Waals surface area (Å²) in [4.78, 5) is 11.7. The van der Waals surface area contributed by atoms with Crippen LogP contribution in [-0.2, 0) is 28.6 Å². The van der Waals surface area contributed by atoms with Gasteiger partial charge in [0.2, 0.25) is 0 Å². The molecule has 0 aliphatic rings. The Labute approximate surface area is 131 Å². The third-order valence-corrected chi connectivity index (χ3v) is 4.26. The van der Waals surface area contributed by atoms with Crippen molar-refractivity contribution in [3.63, 3.8) is 0 Å². The van der Waals surface area contributed by atoms with Crippen LogP contribution in [0.1, 0.15) is 20.3 Å². The fourth-order valence-corrected chi connectivity index (χ4v) is 2.61. The predicted octanol–water partition coefficient (Wildman–Crippen LogP) is 2.00. The van der Waals surface area contributed by atoms with Gasteiger partial charge in [-0.25, -0.2) is 0 Å². The Morgan fingerprint density at radius 1 is 1.14 bits per heavy atom. The molecule has 0 amide bonds. The highest BCUT2D eigenvalue weighted by Crippen LogP contribution is 2.11. The molecule has 0 aliphatic heterocycles. The van der Waals surface area contributed by atoms with Crippen molar-refractivity contribution in [1.29, 1.82) is 0 Å². The highest BCUT2D eigenvalue weighted by Gasteiger charge is 2.18. The van der Waals surface area contributed by atoms with Crippen LogP contribution < -0.4 is 0 Å². The van der Waals surface area contributed by atoms with E-state index in [0.717, 1.165) is 0 Å². The van der Waals surface area contributed by atoms with Gasteiger partial charge >= 0.3 is 5.97 Å². The first kappa shape index (κ1) is 18.6. The summed E-state index contributed by atoms with van der Waals surface area (Å²) in [6.07, 6.45) is 0.599. The average Bonchev–Trinajstić information content (AvgIpc) is 2.52. The molecule has 0 heterocycles. The number of benzene rings is 1. The molecule has 1 unspecified atom stereocenters. The van der Waals surface area contributed by atoms with Crippen molar-refractivity contribution in [2.45, 2.75) is 25.2 Å². The number of hydrogen-bond acceptors (Lipinski definition) is 6. The molecule has 0 bridgehead atoms. The SMILES string of the molecule is CCOC(=O)C(CC)COCCOS(=O)(=O)c1ccccc1. The maximum absolute atomic E-state index is 11.8. The summed E-state index contributed by atoms with van der Waals surface area (Å²) >= 11 is 0. The second kappa shape index (κ2) is 9.55. The van der Waals surface area contributed by atoms with Crippen LogP contribution in [0.5, 0.6) is 0 Å². The van der Waals surface area contributed by atoms with Gasteiger partial charge in [0.25, 0.3) is 10.1 Å². The van der Waals surface area contributed by atoms with Crippen molar-refractivity contribution in [3.8, 4) is 0 Å². The van der Waals surface area contributed by atoms with E-state index in [2.05, 4.69) is 0 Å². The third-order valence-electron chi connectivity index (χ3n) is 2.93. The van der Waals surface area contributed by atoms with E-state index in [1.165, 1.54) is 12.1 Å². The van der Waals surface area contributed by atoms with Gasteiger partial charge in [-0.05, 0) is 25.5 Å². The van der Waals surface area contributed by atoms with Crippen LogP contribution >= 0.6 is 0 Å². The lowest BCUT2D eigenvalue weighted by molar-refractivity contribution is -0.150. The van der Waals surface area contributed by atoms with Gasteiger partial charge in [0, 0.05) is 0 Å². The molecule has 1 aromatic carbocycles. The van der Waals surface area contributed by atoms with E-state index in [-0.39, 0.29) is 36.6 Å². The monoisotopic (exact) mass is 330 g/mol. The van der Waals surface area contributed by atoms with Gasteiger partial charge in [0.1, 0.15) is 0 Å².